The Morgan fingerprint density at radius 3 is 2.83 bits per heavy atom. The van der Waals surface area contributed by atoms with Crippen LogP contribution in [0.3, 0.4) is 0 Å². The third-order valence-electron chi connectivity index (χ3n) is 4.19. The molecule has 0 bridgehead atoms. The van der Waals surface area contributed by atoms with Crippen LogP contribution in [0, 0.1) is 5.92 Å². The molecule has 1 aliphatic rings. The number of thiophene rings is 1. The van der Waals surface area contributed by atoms with Gasteiger partial charge in [0.05, 0.1) is 10.8 Å². The van der Waals surface area contributed by atoms with Crippen molar-refractivity contribution in [3.8, 4) is 10.7 Å². The van der Waals surface area contributed by atoms with E-state index in [9.17, 15) is 9.59 Å². The van der Waals surface area contributed by atoms with Gasteiger partial charge in [-0.2, -0.15) is 4.98 Å². The Balaban J connectivity index is 1.42. The number of carboxylic acid groups (broad SMARTS) is 1. The molecule has 0 radical (unpaired) electrons. The molecular formula is C16H19N3O4S. The van der Waals surface area contributed by atoms with Crippen molar-refractivity contribution in [2.45, 2.75) is 32.1 Å². The van der Waals surface area contributed by atoms with E-state index in [0.717, 1.165) is 4.88 Å². The number of hydrogen-bond donors (Lipinski definition) is 1. The van der Waals surface area contributed by atoms with Crippen molar-refractivity contribution in [2.75, 3.05) is 13.1 Å². The summed E-state index contributed by atoms with van der Waals surface area (Å²) in [4.78, 5) is 30.1. The van der Waals surface area contributed by atoms with Crippen molar-refractivity contribution in [3.63, 3.8) is 0 Å². The molecule has 1 amide bonds. The van der Waals surface area contributed by atoms with Crippen LogP contribution in [0.5, 0.6) is 0 Å². The minimum atomic E-state index is -0.764. The van der Waals surface area contributed by atoms with Crippen LogP contribution in [0.2, 0.25) is 0 Å². The summed E-state index contributed by atoms with van der Waals surface area (Å²) in [6.45, 7) is 1.05. The van der Waals surface area contributed by atoms with Crippen LogP contribution >= 0.6 is 11.3 Å². The highest BCUT2D eigenvalue weighted by Crippen LogP contribution is 2.22. The minimum Gasteiger partial charge on any atom is -0.481 e. The highest BCUT2D eigenvalue weighted by Gasteiger charge is 2.26. The lowest BCUT2D eigenvalue weighted by Gasteiger charge is -2.30. The molecule has 0 unspecified atom stereocenters. The van der Waals surface area contributed by atoms with Gasteiger partial charge in [-0.3, -0.25) is 9.59 Å². The standard InChI is InChI=1S/C16H19N3O4S/c20-14(19-8-6-11(7-9-19)16(21)22)5-1-4-13-17-15(18-23-13)12-3-2-10-24-12/h2-3,10-11H,1,4-9H2,(H,21,22). The second kappa shape index (κ2) is 7.57. The van der Waals surface area contributed by atoms with Gasteiger partial charge >= 0.3 is 5.97 Å². The van der Waals surface area contributed by atoms with Crippen LogP contribution in [-0.4, -0.2) is 45.1 Å². The number of carbonyl (C=O) groups excluding carboxylic acids is 1. The summed E-state index contributed by atoms with van der Waals surface area (Å²) in [5.41, 5.74) is 0. The second-order valence-corrected chi connectivity index (χ2v) is 6.78. The zero-order valence-corrected chi connectivity index (χ0v) is 14.0. The molecule has 0 saturated carbocycles. The molecule has 1 saturated heterocycles. The fourth-order valence-electron chi connectivity index (χ4n) is 2.79. The van der Waals surface area contributed by atoms with Crippen LogP contribution in [-0.2, 0) is 16.0 Å². The molecule has 0 aliphatic carbocycles. The molecule has 24 heavy (non-hydrogen) atoms. The highest BCUT2D eigenvalue weighted by atomic mass is 32.1. The van der Waals surface area contributed by atoms with Crippen molar-refractivity contribution in [3.05, 3.63) is 23.4 Å². The Bertz CT molecular complexity index is 690. The largest absolute Gasteiger partial charge is 0.481 e. The second-order valence-electron chi connectivity index (χ2n) is 5.84. The van der Waals surface area contributed by atoms with Gasteiger partial charge in [0.1, 0.15) is 0 Å². The maximum absolute atomic E-state index is 12.2. The molecule has 1 fully saturated rings. The van der Waals surface area contributed by atoms with E-state index in [0.29, 0.717) is 56.9 Å². The summed E-state index contributed by atoms with van der Waals surface area (Å²) >= 11 is 1.55. The lowest BCUT2D eigenvalue weighted by atomic mass is 9.97. The topological polar surface area (TPSA) is 96.5 Å². The van der Waals surface area contributed by atoms with Crippen molar-refractivity contribution in [2.24, 2.45) is 5.92 Å². The quantitative estimate of drug-likeness (QED) is 0.860. The number of amides is 1. The predicted molar refractivity (Wildman–Crippen MR) is 87.5 cm³/mol. The first-order chi connectivity index (χ1) is 11.6. The Morgan fingerprint density at radius 2 is 2.17 bits per heavy atom. The van der Waals surface area contributed by atoms with Gasteiger partial charge in [-0.05, 0) is 30.7 Å². The van der Waals surface area contributed by atoms with E-state index in [1.165, 1.54) is 0 Å². The lowest BCUT2D eigenvalue weighted by Crippen LogP contribution is -2.40. The predicted octanol–water partition coefficient (Wildman–Crippen LogP) is 2.44. The first-order valence-electron chi connectivity index (χ1n) is 8.00. The van der Waals surface area contributed by atoms with Gasteiger partial charge in [-0.25, -0.2) is 0 Å². The molecule has 1 N–H and O–H groups in total. The van der Waals surface area contributed by atoms with Crippen LogP contribution in [0.4, 0.5) is 0 Å². The zero-order chi connectivity index (χ0) is 16.9. The van der Waals surface area contributed by atoms with Crippen LogP contribution in [0.15, 0.2) is 22.0 Å². The summed E-state index contributed by atoms with van der Waals surface area (Å²) < 4.78 is 5.21. The van der Waals surface area contributed by atoms with Crippen LogP contribution < -0.4 is 0 Å². The average molecular weight is 349 g/mol. The van der Waals surface area contributed by atoms with Crippen molar-refractivity contribution in [1.82, 2.24) is 15.0 Å². The van der Waals surface area contributed by atoms with Crippen LogP contribution in [0.1, 0.15) is 31.6 Å². The smallest absolute Gasteiger partial charge is 0.306 e. The number of carbonyl (C=O) groups is 2. The van der Waals surface area contributed by atoms with E-state index >= 15 is 0 Å². The molecule has 8 heteroatoms. The highest BCUT2D eigenvalue weighted by molar-refractivity contribution is 7.13. The number of carboxylic acids is 1. The monoisotopic (exact) mass is 349 g/mol. The van der Waals surface area contributed by atoms with Gasteiger partial charge in [0.15, 0.2) is 0 Å². The summed E-state index contributed by atoms with van der Waals surface area (Å²) in [5, 5.41) is 14.9. The minimum absolute atomic E-state index is 0.0665. The molecule has 0 atom stereocenters. The van der Waals surface area contributed by atoms with Crippen LogP contribution in [0.25, 0.3) is 10.7 Å². The molecule has 1 aliphatic heterocycles. The Morgan fingerprint density at radius 1 is 1.38 bits per heavy atom. The van der Waals surface area contributed by atoms with E-state index in [1.54, 1.807) is 16.2 Å². The third kappa shape index (κ3) is 4.00. The fraction of sp³-hybridized carbons (Fsp3) is 0.500. The molecule has 3 rings (SSSR count). The molecule has 7 nitrogen and oxygen atoms in total. The van der Waals surface area contributed by atoms with E-state index < -0.39 is 5.97 Å². The van der Waals surface area contributed by atoms with Crippen molar-refractivity contribution >= 4 is 23.2 Å². The van der Waals surface area contributed by atoms with E-state index in [1.807, 2.05) is 17.5 Å². The Labute approximate surface area is 143 Å². The van der Waals surface area contributed by atoms with Gasteiger partial charge in [0, 0.05) is 25.9 Å². The molecule has 128 valence electrons. The van der Waals surface area contributed by atoms with Crippen molar-refractivity contribution < 1.29 is 19.2 Å². The normalized spacial score (nSPS) is 15.6. The Hall–Kier alpha value is -2.22. The molecule has 2 aromatic heterocycles. The van der Waals surface area contributed by atoms with Gasteiger partial charge in [-0.15, -0.1) is 11.3 Å². The Kier molecular flexibility index (Phi) is 5.24. The maximum Gasteiger partial charge on any atom is 0.306 e. The summed E-state index contributed by atoms with van der Waals surface area (Å²) in [6, 6.07) is 3.87. The maximum atomic E-state index is 12.2. The molecule has 0 aromatic carbocycles. The summed E-state index contributed by atoms with van der Waals surface area (Å²) in [6.07, 6.45) is 2.69. The van der Waals surface area contributed by atoms with Gasteiger partial charge in [0.2, 0.25) is 17.6 Å². The third-order valence-corrected chi connectivity index (χ3v) is 5.05. The van der Waals surface area contributed by atoms with Gasteiger partial charge in [-0.1, -0.05) is 11.2 Å². The SMILES string of the molecule is O=C(O)C1CCN(C(=O)CCCc2nc(-c3cccs3)no2)CC1. The average Bonchev–Trinajstić information content (AvgIpc) is 3.26. The van der Waals surface area contributed by atoms with E-state index in [4.69, 9.17) is 9.63 Å². The molecule has 0 spiro atoms. The summed E-state index contributed by atoms with van der Waals surface area (Å²) in [5.74, 6) is 0.109. The lowest BCUT2D eigenvalue weighted by molar-refractivity contribution is -0.145. The number of hydrogen-bond acceptors (Lipinski definition) is 6. The number of piperidine rings is 1. The number of nitrogens with zero attached hydrogens (tertiary/aromatic N) is 3. The number of aryl methyl sites for hydroxylation is 1. The first kappa shape index (κ1) is 16.6. The van der Waals surface area contributed by atoms with Crippen molar-refractivity contribution in [1.29, 1.82) is 0 Å². The van der Waals surface area contributed by atoms with E-state index in [2.05, 4.69) is 10.1 Å². The molecule has 3 heterocycles. The molecule has 2 aromatic rings. The number of aromatic nitrogens is 2. The molecular weight excluding hydrogens is 330 g/mol. The van der Waals surface area contributed by atoms with Gasteiger partial charge < -0.3 is 14.5 Å². The number of aliphatic carboxylic acids is 1. The zero-order valence-electron chi connectivity index (χ0n) is 13.2. The number of rotatable bonds is 6. The first-order valence-corrected chi connectivity index (χ1v) is 8.88. The van der Waals surface area contributed by atoms with Gasteiger partial charge in [0.25, 0.3) is 0 Å². The fourth-order valence-corrected chi connectivity index (χ4v) is 3.44. The summed E-state index contributed by atoms with van der Waals surface area (Å²) in [7, 11) is 0. The number of likely N-dealkylation sites (tertiary alicyclic amines) is 1. The van der Waals surface area contributed by atoms with E-state index in [-0.39, 0.29) is 11.8 Å².